The molecule has 1 aromatic carbocycles. The summed E-state index contributed by atoms with van der Waals surface area (Å²) in [6, 6.07) is 7.59. The Morgan fingerprint density at radius 1 is 1.32 bits per heavy atom. The number of hydrogen-bond donors (Lipinski definition) is 1. The van der Waals surface area contributed by atoms with Crippen LogP contribution in [0.5, 0.6) is 0 Å². The maximum atomic E-state index is 12.5. The normalized spacial score (nSPS) is 13.0. The summed E-state index contributed by atoms with van der Waals surface area (Å²) in [5, 5.41) is 2.83. The third kappa shape index (κ3) is 2.79. The van der Waals surface area contributed by atoms with Gasteiger partial charge in [-0.05, 0) is 50.8 Å². The van der Waals surface area contributed by atoms with Gasteiger partial charge in [-0.25, -0.2) is 4.98 Å². The summed E-state index contributed by atoms with van der Waals surface area (Å²) in [7, 11) is 0. The molecule has 0 aliphatic heterocycles. The fourth-order valence-electron chi connectivity index (χ4n) is 2.90. The minimum atomic E-state index is -0.212. The lowest BCUT2D eigenvalue weighted by Gasteiger charge is -2.12. The predicted octanol–water partition coefficient (Wildman–Crippen LogP) is 1.99. The highest BCUT2D eigenvalue weighted by Crippen LogP contribution is 2.16. The van der Waals surface area contributed by atoms with Crippen molar-refractivity contribution >= 4 is 11.6 Å². The van der Waals surface area contributed by atoms with Crippen molar-refractivity contribution in [1.29, 1.82) is 0 Å². The monoisotopic (exact) mass is 297 g/mol. The number of nitrogens with one attached hydrogen (secondary N) is 1. The smallest absolute Gasteiger partial charge is 0.257 e. The van der Waals surface area contributed by atoms with E-state index in [-0.39, 0.29) is 18.0 Å². The number of hydrogen-bond acceptors (Lipinski definition) is 3. The molecule has 1 aliphatic carbocycles. The molecule has 0 radical (unpaired) electrons. The zero-order valence-corrected chi connectivity index (χ0v) is 12.8. The lowest BCUT2D eigenvalue weighted by Crippen LogP contribution is -2.32. The molecule has 0 saturated carbocycles. The Balaban J connectivity index is 1.81. The average Bonchev–Trinajstić information content (AvgIpc) is 2.91. The zero-order chi connectivity index (χ0) is 15.7. The molecule has 1 heterocycles. The summed E-state index contributed by atoms with van der Waals surface area (Å²) in [5.41, 5.74) is 3.42. The molecule has 0 atom stereocenters. The van der Waals surface area contributed by atoms with Gasteiger partial charge in [0.1, 0.15) is 12.4 Å². The fraction of sp³-hybridized carbons (Fsp3) is 0.353. The number of amides is 1. The molecular weight excluding hydrogens is 278 g/mol. The van der Waals surface area contributed by atoms with Crippen molar-refractivity contribution < 1.29 is 4.79 Å². The molecule has 5 nitrogen and oxygen atoms in total. The van der Waals surface area contributed by atoms with Gasteiger partial charge < -0.3 is 5.32 Å². The maximum Gasteiger partial charge on any atom is 0.257 e. The van der Waals surface area contributed by atoms with E-state index in [1.165, 1.54) is 4.57 Å². The number of benzene rings is 1. The van der Waals surface area contributed by atoms with E-state index in [4.69, 9.17) is 0 Å². The van der Waals surface area contributed by atoms with Gasteiger partial charge in [0, 0.05) is 11.3 Å². The van der Waals surface area contributed by atoms with Crippen LogP contribution in [0.25, 0.3) is 0 Å². The molecule has 3 rings (SSSR count). The molecule has 0 bridgehead atoms. The number of carbonyl (C=O) groups excluding carboxylic acids is 1. The fourth-order valence-corrected chi connectivity index (χ4v) is 2.90. The molecular formula is C17H19N3O2. The molecule has 1 aromatic heterocycles. The Hall–Kier alpha value is -2.43. The molecule has 0 saturated heterocycles. The standard InChI is InChI=1S/C17H19N3O2/c1-11-5-3-6-13(9-11)19-16(21)10-20-12(2)18-15-8-4-7-14(15)17(20)22/h3,5-6,9H,4,7-8,10H2,1-2H3,(H,19,21). The number of nitrogens with zero attached hydrogens (tertiary/aromatic N) is 2. The van der Waals surface area contributed by atoms with Crippen molar-refractivity contribution in [1.82, 2.24) is 9.55 Å². The van der Waals surface area contributed by atoms with Crippen molar-refractivity contribution in [2.45, 2.75) is 39.7 Å². The van der Waals surface area contributed by atoms with E-state index in [0.29, 0.717) is 5.82 Å². The van der Waals surface area contributed by atoms with Gasteiger partial charge >= 0.3 is 0 Å². The molecule has 1 N–H and O–H groups in total. The zero-order valence-electron chi connectivity index (χ0n) is 12.8. The molecule has 0 spiro atoms. The highest BCUT2D eigenvalue weighted by atomic mass is 16.2. The minimum absolute atomic E-state index is 0.00110. The van der Waals surface area contributed by atoms with Gasteiger partial charge in [-0.1, -0.05) is 12.1 Å². The molecule has 114 valence electrons. The second-order valence-electron chi connectivity index (χ2n) is 5.75. The first-order valence-electron chi connectivity index (χ1n) is 7.50. The predicted molar refractivity (Wildman–Crippen MR) is 85.1 cm³/mol. The summed E-state index contributed by atoms with van der Waals surface area (Å²) >= 11 is 0. The summed E-state index contributed by atoms with van der Waals surface area (Å²) in [4.78, 5) is 29.1. The van der Waals surface area contributed by atoms with Crippen LogP contribution in [0.3, 0.4) is 0 Å². The molecule has 0 fully saturated rings. The summed E-state index contributed by atoms with van der Waals surface area (Å²) in [6.45, 7) is 3.74. The van der Waals surface area contributed by atoms with Crippen LogP contribution in [0.1, 0.15) is 29.1 Å². The van der Waals surface area contributed by atoms with Crippen LogP contribution >= 0.6 is 0 Å². The highest BCUT2D eigenvalue weighted by Gasteiger charge is 2.20. The summed E-state index contributed by atoms with van der Waals surface area (Å²) in [5.74, 6) is 0.389. The maximum absolute atomic E-state index is 12.5. The SMILES string of the molecule is Cc1cccc(NC(=O)Cn2c(C)nc3c(c2=O)CCC3)c1. The van der Waals surface area contributed by atoms with E-state index in [9.17, 15) is 9.59 Å². The van der Waals surface area contributed by atoms with Crippen molar-refractivity contribution in [2.75, 3.05) is 5.32 Å². The number of aryl methyl sites for hydroxylation is 3. The second kappa shape index (κ2) is 5.75. The van der Waals surface area contributed by atoms with Gasteiger partial charge in [-0.15, -0.1) is 0 Å². The van der Waals surface area contributed by atoms with E-state index >= 15 is 0 Å². The van der Waals surface area contributed by atoms with Crippen LogP contribution in [0.15, 0.2) is 29.1 Å². The number of fused-ring (bicyclic) bond motifs is 1. The lowest BCUT2D eigenvalue weighted by atomic mass is 10.2. The molecule has 22 heavy (non-hydrogen) atoms. The first-order chi connectivity index (χ1) is 10.5. The Labute approximate surface area is 129 Å². The van der Waals surface area contributed by atoms with Crippen molar-refractivity contribution in [3.8, 4) is 0 Å². The minimum Gasteiger partial charge on any atom is -0.325 e. The topological polar surface area (TPSA) is 64.0 Å². The summed E-state index contributed by atoms with van der Waals surface area (Å²) in [6.07, 6.45) is 2.60. The molecule has 0 unspecified atom stereocenters. The molecule has 5 heteroatoms. The van der Waals surface area contributed by atoms with Gasteiger partial charge in [0.05, 0.1) is 5.69 Å². The third-order valence-electron chi connectivity index (χ3n) is 3.98. The average molecular weight is 297 g/mol. The quantitative estimate of drug-likeness (QED) is 0.942. The van der Waals surface area contributed by atoms with Crippen LogP contribution in [0, 0.1) is 13.8 Å². The Kier molecular flexibility index (Phi) is 3.79. The first-order valence-corrected chi connectivity index (χ1v) is 7.50. The third-order valence-corrected chi connectivity index (χ3v) is 3.98. The second-order valence-corrected chi connectivity index (χ2v) is 5.75. The van der Waals surface area contributed by atoms with E-state index < -0.39 is 0 Å². The number of rotatable bonds is 3. The Morgan fingerprint density at radius 3 is 2.91 bits per heavy atom. The molecule has 1 amide bonds. The van der Waals surface area contributed by atoms with E-state index in [2.05, 4.69) is 10.3 Å². The highest BCUT2D eigenvalue weighted by molar-refractivity contribution is 5.90. The van der Waals surface area contributed by atoms with Gasteiger partial charge in [0.25, 0.3) is 5.56 Å². The van der Waals surface area contributed by atoms with Gasteiger partial charge in [-0.2, -0.15) is 0 Å². The number of carbonyl (C=O) groups is 1. The van der Waals surface area contributed by atoms with Crippen LogP contribution in [-0.2, 0) is 24.2 Å². The Morgan fingerprint density at radius 2 is 2.14 bits per heavy atom. The number of aromatic nitrogens is 2. The van der Waals surface area contributed by atoms with Crippen LogP contribution in [0.4, 0.5) is 5.69 Å². The van der Waals surface area contributed by atoms with E-state index in [1.54, 1.807) is 6.92 Å². The lowest BCUT2D eigenvalue weighted by molar-refractivity contribution is -0.116. The van der Waals surface area contributed by atoms with Gasteiger partial charge in [-0.3, -0.25) is 14.2 Å². The van der Waals surface area contributed by atoms with Crippen LogP contribution in [-0.4, -0.2) is 15.5 Å². The first kappa shape index (κ1) is 14.5. The summed E-state index contributed by atoms with van der Waals surface area (Å²) < 4.78 is 1.47. The largest absolute Gasteiger partial charge is 0.325 e. The van der Waals surface area contributed by atoms with Gasteiger partial charge in [0.2, 0.25) is 5.91 Å². The van der Waals surface area contributed by atoms with E-state index in [0.717, 1.165) is 41.8 Å². The van der Waals surface area contributed by atoms with Gasteiger partial charge in [0.15, 0.2) is 0 Å². The molecule has 1 aliphatic rings. The van der Waals surface area contributed by atoms with E-state index in [1.807, 2.05) is 31.2 Å². The van der Waals surface area contributed by atoms with Crippen molar-refractivity contribution in [2.24, 2.45) is 0 Å². The van der Waals surface area contributed by atoms with Crippen molar-refractivity contribution in [3.63, 3.8) is 0 Å². The van der Waals surface area contributed by atoms with Crippen LogP contribution < -0.4 is 10.9 Å². The Bertz CT molecular complexity index is 793. The van der Waals surface area contributed by atoms with Crippen LogP contribution in [0.2, 0.25) is 0 Å². The number of anilines is 1. The molecule has 2 aromatic rings. The van der Waals surface area contributed by atoms with Crippen molar-refractivity contribution in [3.05, 3.63) is 57.3 Å².